The molecule has 0 bridgehead atoms. The summed E-state index contributed by atoms with van der Waals surface area (Å²) in [5.41, 5.74) is 0. The van der Waals surface area contributed by atoms with Gasteiger partial charge in [-0.2, -0.15) is 16.8 Å². The van der Waals surface area contributed by atoms with E-state index in [2.05, 4.69) is 8.67 Å². The molecule has 0 rings (SSSR count). The standard InChI is InChI=1S/Ag.H2O8S2.H2O2.H/c;1-9(2,3)7-8-10(4,5)6;1-2;/h;(H,1,2,3)(H,4,5,6);1-2H;. The molecule has 13 heavy (non-hydrogen) atoms. The zero-order chi connectivity index (χ0) is 10.4. The van der Waals surface area contributed by atoms with Gasteiger partial charge in [-0.3, -0.25) is 19.6 Å². The molecule has 4 N–H and O–H groups in total. The summed E-state index contributed by atoms with van der Waals surface area (Å²) in [5, 5.41) is 12.0. The van der Waals surface area contributed by atoms with E-state index in [1.165, 1.54) is 0 Å². The van der Waals surface area contributed by atoms with Crippen molar-refractivity contribution in [1.29, 1.82) is 0 Å². The van der Waals surface area contributed by atoms with E-state index in [4.69, 9.17) is 19.6 Å². The number of hydrogen-bond acceptors (Lipinski definition) is 8. The van der Waals surface area contributed by atoms with Gasteiger partial charge in [0.1, 0.15) is 0 Å². The van der Waals surface area contributed by atoms with Crippen molar-refractivity contribution in [2.45, 2.75) is 0 Å². The zero-order valence-electron chi connectivity index (χ0n) is 5.37. The molecule has 0 aliphatic carbocycles. The minimum atomic E-state index is -5.02. The molecule has 0 amide bonds. The molecule has 0 aromatic carbocycles. The molecular weight excluding hydrogens is 332 g/mol. The summed E-state index contributed by atoms with van der Waals surface area (Å²) in [6.45, 7) is 0. The van der Waals surface area contributed by atoms with E-state index >= 15 is 0 Å². The molecule has 10 nitrogen and oxygen atoms in total. The molecule has 0 fully saturated rings. The quantitative estimate of drug-likeness (QED) is 0.201. The van der Waals surface area contributed by atoms with Crippen LogP contribution in [0.1, 0.15) is 0 Å². The SMILES string of the molecule is O=S(=O)(O)OOS(=O)(=O)O.OO.[AgH]. The van der Waals surface area contributed by atoms with Crippen molar-refractivity contribution in [3.8, 4) is 0 Å². The second-order valence-corrected chi connectivity index (χ2v) is 2.97. The van der Waals surface area contributed by atoms with Crippen molar-refractivity contribution >= 4 is 20.8 Å². The van der Waals surface area contributed by atoms with E-state index < -0.39 is 20.8 Å². The van der Waals surface area contributed by atoms with Crippen molar-refractivity contribution in [3.05, 3.63) is 0 Å². The van der Waals surface area contributed by atoms with Gasteiger partial charge in [0.05, 0.1) is 0 Å². The van der Waals surface area contributed by atoms with Crippen molar-refractivity contribution < 1.29 is 67.5 Å². The molecule has 0 atom stereocenters. The van der Waals surface area contributed by atoms with Gasteiger partial charge < -0.3 is 0 Å². The number of rotatable bonds is 3. The maximum atomic E-state index is 9.51. The summed E-state index contributed by atoms with van der Waals surface area (Å²) in [6, 6.07) is 0. The van der Waals surface area contributed by atoms with Crippen LogP contribution in [0.15, 0.2) is 0 Å². The van der Waals surface area contributed by atoms with E-state index in [0.29, 0.717) is 0 Å². The third-order valence-electron chi connectivity index (χ3n) is 0.200. The van der Waals surface area contributed by atoms with Gasteiger partial charge in [0, 0.05) is 0 Å². The van der Waals surface area contributed by atoms with Gasteiger partial charge in [-0.1, -0.05) is 8.67 Å². The van der Waals surface area contributed by atoms with Crippen molar-refractivity contribution in [1.82, 2.24) is 0 Å². The predicted molar refractivity (Wildman–Crippen MR) is 31.9 cm³/mol. The van der Waals surface area contributed by atoms with E-state index in [0.717, 1.165) is 0 Å². The third-order valence-corrected chi connectivity index (χ3v) is 0.766. The molecule has 13 heteroatoms. The average Bonchev–Trinajstić information content (AvgIpc) is 1.86. The van der Waals surface area contributed by atoms with Crippen LogP contribution in [0, 0.1) is 0 Å². The molecule has 0 saturated carbocycles. The molecule has 88 valence electrons. The summed E-state index contributed by atoms with van der Waals surface area (Å²) in [6.07, 6.45) is 0. The summed E-state index contributed by atoms with van der Waals surface area (Å²) in [5.74, 6) is 0. The fraction of sp³-hybridized carbons (Fsp3) is 0. The Morgan fingerprint density at radius 3 is 1.00 bits per heavy atom. The third kappa shape index (κ3) is 24.5. The maximum absolute atomic E-state index is 9.51. The zero-order valence-corrected chi connectivity index (χ0v) is 8.56. The monoisotopic (exact) mass is 336 g/mol. The Hall–Kier alpha value is 0.400. The fourth-order valence-electron chi connectivity index (χ4n) is 0.0702. The van der Waals surface area contributed by atoms with E-state index in [9.17, 15) is 16.8 Å². The summed E-state index contributed by atoms with van der Waals surface area (Å²) in [4.78, 5) is 0. The first-order valence-electron chi connectivity index (χ1n) is 1.73. The molecule has 0 unspecified atom stereocenters. The van der Waals surface area contributed by atoms with Gasteiger partial charge >= 0.3 is 43.2 Å². The Balaban J connectivity index is -0.000000309. The molecule has 0 heterocycles. The van der Waals surface area contributed by atoms with Crippen LogP contribution in [0.2, 0.25) is 0 Å². The first-order valence-corrected chi connectivity index (χ1v) is 4.46. The Morgan fingerprint density at radius 2 is 0.923 bits per heavy atom. The molecular formula is H5AgO10S2. The van der Waals surface area contributed by atoms with Crippen molar-refractivity contribution in [2.24, 2.45) is 0 Å². The van der Waals surface area contributed by atoms with Gasteiger partial charge in [0.2, 0.25) is 0 Å². The van der Waals surface area contributed by atoms with Crippen molar-refractivity contribution in [2.75, 3.05) is 0 Å². The van der Waals surface area contributed by atoms with Crippen molar-refractivity contribution in [3.63, 3.8) is 0 Å². The fourth-order valence-corrected chi connectivity index (χ4v) is 0.632. The van der Waals surface area contributed by atoms with Crippen LogP contribution >= 0.6 is 0 Å². The summed E-state index contributed by atoms with van der Waals surface area (Å²) in [7, 11) is -10.0. The van der Waals surface area contributed by atoms with Gasteiger partial charge in [-0.15, -0.1) is 0 Å². The van der Waals surface area contributed by atoms with Gasteiger partial charge in [0.25, 0.3) is 0 Å². The second kappa shape index (κ2) is 7.77. The van der Waals surface area contributed by atoms with Gasteiger partial charge in [0.15, 0.2) is 0 Å². The molecule has 0 aliphatic rings. The van der Waals surface area contributed by atoms with Gasteiger partial charge in [-0.05, 0) is 0 Å². The van der Waals surface area contributed by atoms with Gasteiger partial charge in [-0.25, -0.2) is 0 Å². The Kier molecular flexibility index (Phi) is 11.4. The summed E-state index contributed by atoms with van der Waals surface area (Å²) >= 11 is 0. The Bertz CT molecular complexity index is 249. The normalized spacial score (nSPS) is 10.8. The van der Waals surface area contributed by atoms with E-state index in [1.807, 2.05) is 0 Å². The average molecular weight is 337 g/mol. The number of hydrogen-bond donors (Lipinski definition) is 4. The van der Waals surface area contributed by atoms with Crippen LogP contribution in [-0.2, 0) is 51.8 Å². The molecule has 0 saturated heterocycles. The van der Waals surface area contributed by atoms with Crippen LogP contribution in [0.4, 0.5) is 0 Å². The van der Waals surface area contributed by atoms with Crippen LogP contribution in [0.5, 0.6) is 0 Å². The second-order valence-electron chi connectivity index (χ2n) is 0.992. The molecule has 0 aliphatic heterocycles. The minimum absolute atomic E-state index is 0. The first-order chi connectivity index (χ1) is 5.21. The Labute approximate surface area is 88.4 Å². The van der Waals surface area contributed by atoms with Crippen LogP contribution in [0.3, 0.4) is 0 Å². The molecule has 0 spiro atoms. The van der Waals surface area contributed by atoms with Crippen LogP contribution in [-0.4, -0.2) is 36.5 Å². The molecule has 1 radical (unpaired) electrons. The Morgan fingerprint density at radius 1 is 0.769 bits per heavy atom. The first kappa shape index (κ1) is 19.0. The van der Waals surface area contributed by atoms with E-state index in [-0.39, 0.29) is 22.4 Å². The van der Waals surface area contributed by atoms with Crippen LogP contribution < -0.4 is 0 Å². The molecule has 0 aromatic heterocycles. The van der Waals surface area contributed by atoms with E-state index in [1.54, 1.807) is 0 Å². The predicted octanol–water partition coefficient (Wildman–Crippen LogP) is -1.71. The molecule has 0 aromatic rings. The topological polar surface area (TPSA) is 168 Å². The summed E-state index contributed by atoms with van der Waals surface area (Å²) < 4.78 is 58.9. The van der Waals surface area contributed by atoms with Crippen LogP contribution in [0.25, 0.3) is 0 Å².